The van der Waals surface area contributed by atoms with E-state index >= 15 is 0 Å². The molecule has 0 saturated heterocycles. The largest absolute Gasteiger partial charge is 0.459 e. The first-order chi connectivity index (χ1) is 12.7. The highest BCUT2D eigenvalue weighted by molar-refractivity contribution is 5.91. The Morgan fingerprint density at radius 3 is 3.04 bits per heavy atom. The highest BCUT2D eigenvalue weighted by atomic mass is 16.5. The second-order valence-corrected chi connectivity index (χ2v) is 5.69. The van der Waals surface area contributed by atoms with Crippen molar-refractivity contribution in [2.24, 2.45) is 0 Å². The van der Waals surface area contributed by atoms with Gasteiger partial charge in [0.15, 0.2) is 23.1 Å². The summed E-state index contributed by atoms with van der Waals surface area (Å²) >= 11 is 0. The zero-order valence-corrected chi connectivity index (χ0v) is 14.0. The molecular weight excluding hydrogens is 336 g/mol. The van der Waals surface area contributed by atoms with Crippen molar-refractivity contribution in [1.29, 1.82) is 0 Å². The number of amides is 1. The van der Waals surface area contributed by atoms with Crippen LogP contribution in [0.3, 0.4) is 0 Å². The molecule has 0 aliphatic carbocycles. The van der Waals surface area contributed by atoms with Gasteiger partial charge in [-0.15, -0.1) is 10.2 Å². The lowest BCUT2D eigenvalue weighted by atomic mass is 10.2. The lowest BCUT2D eigenvalue weighted by Gasteiger charge is -2.02. The number of fused-ring (bicyclic) bond motifs is 1. The summed E-state index contributed by atoms with van der Waals surface area (Å²) < 4.78 is 12.1. The number of carbonyl (C=O) groups is 1. The van der Waals surface area contributed by atoms with E-state index < -0.39 is 0 Å². The number of hydrogen-bond acceptors (Lipinski definition) is 7. The molecule has 0 spiro atoms. The van der Waals surface area contributed by atoms with Crippen molar-refractivity contribution in [2.45, 2.75) is 26.3 Å². The molecule has 0 aliphatic rings. The summed E-state index contributed by atoms with van der Waals surface area (Å²) in [5.41, 5.74) is 1.39. The van der Waals surface area contributed by atoms with Crippen LogP contribution < -0.4 is 5.32 Å². The van der Waals surface area contributed by atoms with Crippen molar-refractivity contribution in [1.82, 2.24) is 30.1 Å². The molecule has 0 atom stereocenters. The molecule has 4 rings (SSSR count). The molecule has 4 heterocycles. The van der Waals surface area contributed by atoms with Crippen LogP contribution in [0.1, 0.15) is 35.5 Å². The molecule has 9 nitrogen and oxygen atoms in total. The molecule has 0 aliphatic heterocycles. The van der Waals surface area contributed by atoms with E-state index in [1.165, 1.54) is 6.26 Å². The number of carbonyl (C=O) groups excluding carboxylic acids is 1. The van der Waals surface area contributed by atoms with Crippen molar-refractivity contribution in [3.8, 4) is 11.5 Å². The quantitative estimate of drug-likeness (QED) is 0.566. The zero-order valence-electron chi connectivity index (χ0n) is 14.0. The molecule has 132 valence electrons. The highest BCUT2D eigenvalue weighted by Crippen LogP contribution is 2.19. The summed E-state index contributed by atoms with van der Waals surface area (Å²) in [5, 5.41) is 15.0. The number of furan rings is 1. The van der Waals surface area contributed by atoms with Gasteiger partial charge in [0.1, 0.15) is 0 Å². The first-order valence-corrected chi connectivity index (χ1v) is 8.23. The minimum absolute atomic E-state index is 0.223. The van der Waals surface area contributed by atoms with Crippen molar-refractivity contribution in [2.75, 3.05) is 0 Å². The molecule has 0 unspecified atom stereocenters. The van der Waals surface area contributed by atoms with E-state index in [4.69, 9.17) is 8.94 Å². The van der Waals surface area contributed by atoms with E-state index in [1.54, 1.807) is 16.5 Å². The van der Waals surface area contributed by atoms with Crippen molar-refractivity contribution in [3.05, 3.63) is 54.1 Å². The van der Waals surface area contributed by atoms with Crippen LogP contribution in [-0.4, -0.2) is 30.6 Å². The predicted molar refractivity (Wildman–Crippen MR) is 90.2 cm³/mol. The molecule has 1 amide bonds. The van der Waals surface area contributed by atoms with E-state index in [0.29, 0.717) is 23.2 Å². The van der Waals surface area contributed by atoms with Crippen LogP contribution in [0.4, 0.5) is 0 Å². The second kappa shape index (κ2) is 6.79. The number of rotatable bonds is 6. The number of hydrogen-bond donors (Lipinski definition) is 1. The van der Waals surface area contributed by atoms with E-state index in [2.05, 4.69) is 32.6 Å². The Morgan fingerprint density at radius 2 is 2.23 bits per heavy atom. The Morgan fingerprint density at radius 1 is 1.31 bits per heavy atom. The number of nitrogens with zero attached hydrogens (tertiary/aromatic N) is 5. The van der Waals surface area contributed by atoms with Gasteiger partial charge < -0.3 is 14.3 Å². The fourth-order valence-electron chi connectivity index (χ4n) is 2.54. The van der Waals surface area contributed by atoms with Crippen LogP contribution in [0.15, 0.2) is 45.7 Å². The maximum absolute atomic E-state index is 11.9. The minimum atomic E-state index is -0.308. The lowest BCUT2D eigenvalue weighted by molar-refractivity contribution is 0.0922. The average molecular weight is 352 g/mol. The Labute approximate surface area is 148 Å². The van der Waals surface area contributed by atoms with Crippen LogP contribution in [0.2, 0.25) is 0 Å². The molecule has 4 aromatic heterocycles. The average Bonchev–Trinajstić information content (AvgIpc) is 3.40. The fraction of sp³-hybridized carbons (Fsp3) is 0.235. The first-order valence-electron chi connectivity index (χ1n) is 8.23. The van der Waals surface area contributed by atoms with Gasteiger partial charge in [0, 0.05) is 18.2 Å². The van der Waals surface area contributed by atoms with Crippen molar-refractivity contribution >= 4 is 11.6 Å². The van der Waals surface area contributed by atoms with E-state index in [9.17, 15) is 4.79 Å². The van der Waals surface area contributed by atoms with Gasteiger partial charge in [-0.1, -0.05) is 12.1 Å². The van der Waals surface area contributed by atoms with Gasteiger partial charge in [-0.3, -0.25) is 9.20 Å². The summed E-state index contributed by atoms with van der Waals surface area (Å²) in [6.07, 6.45) is 4.99. The van der Waals surface area contributed by atoms with Crippen LogP contribution in [0.25, 0.3) is 17.1 Å². The number of nitrogens with one attached hydrogen (secondary N) is 1. The van der Waals surface area contributed by atoms with Gasteiger partial charge in [-0.2, -0.15) is 4.98 Å². The molecular formula is C17H16N6O3. The third-order valence-electron chi connectivity index (χ3n) is 3.82. The van der Waals surface area contributed by atoms with Gasteiger partial charge in [-0.05, 0) is 30.7 Å². The van der Waals surface area contributed by atoms with Gasteiger partial charge in [0.25, 0.3) is 11.8 Å². The van der Waals surface area contributed by atoms with Crippen LogP contribution in [0.5, 0.6) is 0 Å². The Kier molecular flexibility index (Phi) is 4.18. The summed E-state index contributed by atoms with van der Waals surface area (Å²) in [7, 11) is 0. The van der Waals surface area contributed by atoms with Crippen LogP contribution >= 0.6 is 0 Å². The number of pyridine rings is 1. The van der Waals surface area contributed by atoms with Gasteiger partial charge in [0.05, 0.1) is 12.8 Å². The summed E-state index contributed by atoms with van der Waals surface area (Å²) in [6, 6.07) is 6.92. The third-order valence-corrected chi connectivity index (χ3v) is 3.82. The molecule has 0 aromatic carbocycles. The molecule has 26 heavy (non-hydrogen) atoms. The molecule has 0 saturated carbocycles. The van der Waals surface area contributed by atoms with Gasteiger partial charge >= 0.3 is 0 Å². The lowest BCUT2D eigenvalue weighted by Crippen LogP contribution is -2.23. The van der Waals surface area contributed by atoms with E-state index in [0.717, 1.165) is 18.4 Å². The summed E-state index contributed by atoms with van der Waals surface area (Å²) in [6.45, 7) is 2.28. The highest BCUT2D eigenvalue weighted by Gasteiger charge is 2.13. The smallest absolute Gasteiger partial charge is 0.287 e. The normalized spacial score (nSPS) is 11.1. The fourth-order valence-corrected chi connectivity index (χ4v) is 2.54. The molecule has 1 N–H and O–H groups in total. The molecule has 0 bridgehead atoms. The Bertz CT molecular complexity index is 1030. The first kappa shape index (κ1) is 16.0. The molecule has 0 radical (unpaired) electrons. The Hall–Kier alpha value is -3.49. The van der Waals surface area contributed by atoms with Crippen molar-refractivity contribution in [3.63, 3.8) is 0 Å². The zero-order chi connectivity index (χ0) is 17.9. The van der Waals surface area contributed by atoms with Gasteiger partial charge in [0.2, 0.25) is 0 Å². The van der Waals surface area contributed by atoms with Crippen molar-refractivity contribution < 1.29 is 13.7 Å². The summed E-state index contributed by atoms with van der Waals surface area (Å²) in [4.78, 5) is 16.3. The monoisotopic (exact) mass is 352 g/mol. The maximum Gasteiger partial charge on any atom is 0.287 e. The maximum atomic E-state index is 11.9. The van der Waals surface area contributed by atoms with E-state index in [1.807, 2.05) is 18.3 Å². The molecule has 9 heteroatoms. The predicted octanol–water partition coefficient (Wildman–Crippen LogP) is 2.25. The standard InChI is InChI=1S/C17H16N6O3/c1-2-4-13-19-17(26-22-13)11-6-7-23-14(9-11)20-21-15(23)10-18-16(24)12-5-3-8-25-12/h3,5-9H,2,4,10H2,1H3,(H,18,24). The minimum Gasteiger partial charge on any atom is -0.459 e. The Balaban J connectivity index is 1.52. The topological polar surface area (TPSA) is 111 Å². The van der Waals surface area contributed by atoms with Gasteiger partial charge in [-0.25, -0.2) is 0 Å². The number of aromatic nitrogens is 5. The third kappa shape index (κ3) is 3.06. The van der Waals surface area contributed by atoms with Crippen LogP contribution in [-0.2, 0) is 13.0 Å². The van der Waals surface area contributed by atoms with Crippen LogP contribution in [0, 0.1) is 0 Å². The second-order valence-electron chi connectivity index (χ2n) is 5.69. The molecule has 4 aromatic rings. The SMILES string of the molecule is CCCc1noc(-c2ccn3c(CNC(=O)c4ccco4)nnc3c2)n1. The molecule has 0 fully saturated rings. The summed E-state index contributed by atoms with van der Waals surface area (Å²) in [5.74, 6) is 1.68. The number of aryl methyl sites for hydroxylation is 1. The van der Waals surface area contributed by atoms with E-state index in [-0.39, 0.29) is 18.2 Å².